The Morgan fingerprint density at radius 1 is 1.10 bits per heavy atom. The predicted octanol–water partition coefficient (Wildman–Crippen LogP) is 3.93. The molecule has 1 aromatic carbocycles. The highest BCUT2D eigenvalue weighted by atomic mass is 35.5. The summed E-state index contributed by atoms with van der Waals surface area (Å²) in [5.74, 6) is 0.123. The van der Waals surface area contributed by atoms with E-state index in [0.29, 0.717) is 6.42 Å². The van der Waals surface area contributed by atoms with Crippen LogP contribution in [0.1, 0.15) is 43.2 Å². The van der Waals surface area contributed by atoms with Gasteiger partial charge < -0.3 is 10.2 Å². The van der Waals surface area contributed by atoms with Crippen LogP contribution in [0.4, 0.5) is 5.69 Å². The summed E-state index contributed by atoms with van der Waals surface area (Å²) in [6.45, 7) is 7.34. The molecule has 1 fully saturated rings. The van der Waals surface area contributed by atoms with Crippen molar-refractivity contribution in [3.63, 3.8) is 0 Å². The van der Waals surface area contributed by atoms with Gasteiger partial charge in [-0.05, 0) is 63.0 Å². The quantitative estimate of drug-likeness (QED) is 0.914. The van der Waals surface area contributed by atoms with E-state index >= 15 is 0 Å². The molecule has 21 heavy (non-hydrogen) atoms. The number of hydrogen-bond donors (Lipinski definition) is 1. The van der Waals surface area contributed by atoms with Crippen molar-refractivity contribution >= 4 is 24.0 Å². The molecule has 1 heterocycles. The summed E-state index contributed by atoms with van der Waals surface area (Å²) >= 11 is 0. The van der Waals surface area contributed by atoms with E-state index in [9.17, 15) is 4.79 Å². The molecule has 0 bridgehead atoms. The zero-order chi connectivity index (χ0) is 14.4. The van der Waals surface area contributed by atoms with Crippen LogP contribution < -0.4 is 5.32 Å². The summed E-state index contributed by atoms with van der Waals surface area (Å²) in [6, 6.07) is 6.07. The number of likely N-dealkylation sites (tertiary alicyclic amines) is 1. The zero-order valence-corrected chi connectivity index (χ0v) is 14.0. The Morgan fingerprint density at radius 3 is 2.38 bits per heavy atom. The van der Waals surface area contributed by atoms with Crippen LogP contribution in [0.25, 0.3) is 0 Å². The Balaban J connectivity index is 0.00000220. The van der Waals surface area contributed by atoms with Gasteiger partial charge in [0, 0.05) is 18.7 Å². The first kappa shape index (κ1) is 18.0. The minimum atomic E-state index is 0. The Hall–Kier alpha value is -1.06. The first-order valence-corrected chi connectivity index (χ1v) is 7.74. The van der Waals surface area contributed by atoms with E-state index < -0.39 is 0 Å². The van der Waals surface area contributed by atoms with E-state index in [1.54, 1.807) is 0 Å². The van der Waals surface area contributed by atoms with Gasteiger partial charge in [0.25, 0.3) is 0 Å². The fourth-order valence-corrected chi connectivity index (χ4v) is 2.66. The second-order valence-corrected chi connectivity index (χ2v) is 5.85. The minimum absolute atomic E-state index is 0. The lowest BCUT2D eigenvalue weighted by Gasteiger charge is -2.19. The number of carbonyl (C=O) groups excluding carboxylic acids is 1. The van der Waals surface area contributed by atoms with Crippen LogP contribution in [0.2, 0.25) is 0 Å². The number of benzene rings is 1. The number of anilines is 1. The third kappa shape index (κ3) is 6.06. The maximum atomic E-state index is 12.0. The van der Waals surface area contributed by atoms with E-state index in [1.165, 1.54) is 36.8 Å². The third-order valence-corrected chi connectivity index (χ3v) is 4.14. The van der Waals surface area contributed by atoms with Crippen LogP contribution in [0.15, 0.2) is 18.2 Å². The van der Waals surface area contributed by atoms with E-state index in [2.05, 4.69) is 30.1 Å². The Kier molecular flexibility index (Phi) is 7.76. The average molecular weight is 311 g/mol. The minimum Gasteiger partial charge on any atom is -0.326 e. The van der Waals surface area contributed by atoms with Crippen molar-refractivity contribution in [1.82, 2.24) is 4.90 Å². The molecule has 1 amide bonds. The van der Waals surface area contributed by atoms with Crippen molar-refractivity contribution in [2.45, 2.75) is 46.0 Å². The molecule has 0 unspecified atom stereocenters. The summed E-state index contributed by atoms with van der Waals surface area (Å²) in [7, 11) is 0. The predicted molar refractivity (Wildman–Crippen MR) is 91.3 cm³/mol. The van der Waals surface area contributed by atoms with Gasteiger partial charge in [0.1, 0.15) is 0 Å². The van der Waals surface area contributed by atoms with E-state index in [0.717, 1.165) is 25.3 Å². The van der Waals surface area contributed by atoms with Gasteiger partial charge in [-0.15, -0.1) is 12.4 Å². The molecule has 1 aliphatic rings. The second-order valence-electron chi connectivity index (χ2n) is 5.85. The number of hydrogen-bond acceptors (Lipinski definition) is 2. The smallest absolute Gasteiger partial charge is 0.225 e. The van der Waals surface area contributed by atoms with Crippen LogP contribution in [-0.4, -0.2) is 30.4 Å². The lowest BCUT2D eigenvalue weighted by molar-refractivity contribution is -0.116. The third-order valence-electron chi connectivity index (χ3n) is 4.14. The fourth-order valence-electron chi connectivity index (χ4n) is 2.66. The van der Waals surface area contributed by atoms with Crippen LogP contribution >= 0.6 is 12.4 Å². The molecular weight excluding hydrogens is 284 g/mol. The Labute approximate surface area is 134 Å². The molecule has 0 aromatic heterocycles. The molecule has 1 aliphatic heterocycles. The second kappa shape index (κ2) is 9.06. The molecule has 118 valence electrons. The molecule has 2 rings (SSSR count). The zero-order valence-electron chi connectivity index (χ0n) is 13.2. The Bertz CT molecular complexity index is 454. The number of aryl methyl sites for hydroxylation is 2. The maximum Gasteiger partial charge on any atom is 0.225 e. The standard InChI is InChI=1S/C17H26N2O.ClH/c1-14-7-8-16(13-15(14)2)18-17(20)9-12-19-10-5-3-4-6-11-19;/h7-8,13H,3-6,9-12H2,1-2H3,(H,18,20);1H. The van der Waals surface area contributed by atoms with Crippen molar-refractivity contribution in [2.24, 2.45) is 0 Å². The number of halogens is 1. The van der Waals surface area contributed by atoms with Crippen LogP contribution in [0.3, 0.4) is 0 Å². The highest BCUT2D eigenvalue weighted by molar-refractivity contribution is 5.90. The Morgan fingerprint density at radius 2 is 1.76 bits per heavy atom. The van der Waals surface area contributed by atoms with Gasteiger partial charge >= 0.3 is 0 Å². The highest BCUT2D eigenvalue weighted by Crippen LogP contribution is 2.15. The molecule has 1 aromatic rings. The molecule has 0 aliphatic carbocycles. The van der Waals surface area contributed by atoms with Crippen molar-refractivity contribution < 1.29 is 4.79 Å². The van der Waals surface area contributed by atoms with Gasteiger partial charge in [0.15, 0.2) is 0 Å². The molecule has 3 nitrogen and oxygen atoms in total. The van der Waals surface area contributed by atoms with Gasteiger partial charge in [0.05, 0.1) is 0 Å². The van der Waals surface area contributed by atoms with Gasteiger partial charge in [-0.3, -0.25) is 4.79 Å². The monoisotopic (exact) mass is 310 g/mol. The van der Waals surface area contributed by atoms with Crippen molar-refractivity contribution in [3.8, 4) is 0 Å². The normalized spacial score (nSPS) is 15.9. The fraction of sp³-hybridized carbons (Fsp3) is 0.588. The van der Waals surface area contributed by atoms with Crippen molar-refractivity contribution in [1.29, 1.82) is 0 Å². The summed E-state index contributed by atoms with van der Waals surface area (Å²) in [5, 5.41) is 3.00. The SMILES string of the molecule is Cc1ccc(NC(=O)CCN2CCCCCC2)cc1C.Cl. The molecule has 1 N–H and O–H groups in total. The number of nitrogens with zero attached hydrogens (tertiary/aromatic N) is 1. The maximum absolute atomic E-state index is 12.0. The lowest BCUT2D eigenvalue weighted by atomic mass is 10.1. The van der Waals surface area contributed by atoms with E-state index in [-0.39, 0.29) is 18.3 Å². The van der Waals surface area contributed by atoms with E-state index in [4.69, 9.17) is 0 Å². The number of rotatable bonds is 4. The van der Waals surface area contributed by atoms with Crippen LogP contribution in [-0.2, 0) is 4.79 Å². The molecule has 0 spiro atoms. The number of amides is 1. The van der Waals surface area contributed by atoms with Gasteiger partial charge in [-0.2, -0.15) is 0 Å². The number of nitrogens with one attached hydrogen (secondary N) is 1. The molecule has 0 radical (unpaired) electrons. The van der Waals surface area contributed by atoms with Crippen molar-refractivity contribution in [3.05, 3.63) is 29.3 Å². The molecule has 1 saturated heterocycles. The largest absolute Gasteiger partial charge is 0.326 e. The summed E-state index contributed by atoms with van der Waals surface area (Å²) in [5.41, 5.74) is 3.39. The molecule has 4 heteroatoms. The first-order valence-electron chi connectivity index (χ1n) is 7.74. The topological polar surface area (TPSA) is 32.3 Å². The average Bonchev–Trinajstić information content (AvgIpc) is 2.69. The van der Waals surface area contributed by atoms with E-state index in [1.807, 2.05) is 12.1 Å². The lowest BCUT2D eigenvalue weighted by Crippen LogP contribution is -2.28. The summed E-state index contributed by atoms with van der Waals surface area (Å²) < 4.78 is 0. The van der Waals surface area contributed by atoms with Crippen LogP contribution in [0.5, 0.6) is 0 Å². The molecule has 0 atom stereocenters. The van der Waals surface area contributed by atoms with Crippen LogP contribution in [0, 0.1) is 13.8 Å². The molecular formula is C17H27ClN2O. The first-order chi connectivity index (χ1) is 9.65. The van der Waals surface area contributed by atoms with Crippen molar-refractivity contribution in [2.75, 3.05) is 25.0 Å². The highest BCUT2D eigenvalue weighted by Gasteiger charge is 2.11. The summed E-state index contributed by atoms with van der Waals surface area (Å²) in [6.07, 6.45) is 5.82. The van der Waals surface area contributed by atoms with Gasteiger partial charge in [0.2, 0.25) is 5.91 Å². The number of carbonyl (C=O) groups is 1. The molecule has 0 saturated carbocycles. The van der Waals surface area contributed by atoms with Gasteiger partial charge in [-0.25, -0.2) is 0 Å². The summed E-state index contributed by atoms with van der Waals surface area (Å²) in [4.78, 5) is 14.4. The van der Waals surface area contributed by atoms with Gasteiger partial charge in [-0.1, -0.05) is 18.9 Å².